The molecular formula is C13H18N2O5. The SMILES string of the molecule is COCC(NC(C)=O)C(=O)NC(O)(O)c1ccccc1. The van der Waals surface area contributed by atoms with Crippen LogP contribution in [-0.4, -0.2) is 41.8 Å². The normalized spacial score (nSPS) is 12.6. The largest absolute Gasteiger partial charge is 0.382 e. The summed E-state index contributed by atoms with van der Waals surface area (Å²) in [5.41, 5.74) is 0.104. The van der Waals surface area contributed by atoms with E-state index in [0.717, 1.165) is 0 Å². The molecule has 1 aromatic carbocycles. The van der Waals surface area contributed by atoms with Crippen molar-refractivity contribution in [2.24, 2.45) is 0 Å². The molecule has 1 unspecified atom stereocenters. The molecule has 7 heteroatoms. The average molecular weight is 282 g/mol. The van der Waals surface area contributed by atoms with E-state index < -0.39 is 23.8 Å². The number of hydrogen-bond donors (Lipinski definition) is 4. The van der Waals surface area contributed by atoms with Crippen LogP contribution in [0, 0.1) is 0 Å². The second-order valence-electron chi connectivity index (χ2n) is 4.24. The van der Waals surface area contributed by atoms with Gasteiger partial charge in [0.25, 0.3) is 5.91 Å². The van der Waals surface area contributed by atoms with Crippen LogP contribution in [0.15, 0.2) is 30.3 Å². The van der Waals surface area contributed by atoms with Crippen LogP contribution < -0.4 is 10.6 Å². The summed E-state index contributed by atoms with van der Waals surface area (Å²) in [6, 6.07) is 6.78. The zero-order chi connectivity index (χ0) is 15.2. The van der Waals surface area contributed by atoms with Gasteiger partial charge in [-0.1, -0.05) is 30.3 Å². The van der Waals surface area contributed by atoms with E-state index in [1.807, 2.05) is 5.32 Å². The highest BCUT2D eigenvalue weighted by Gasteiger charge is 2.31. The second-order valence-corrected chi connectivity index (χ2v) is 4.24. The Labute approximate surface area is 116 Å². The van der Waals surface area contributed by atoms with Crippen molar-refractivity contribution in [3.05, 3.63) is 35.9 Å². The summed E-state index contributed by atoms with van der Waals surface area (Å²) in [4.78, 5) is 22.9. The predicted octanol–water partition coefficient (Wildman–Crippen LogP) is -0.951. The number of hydrogen-bond acceptors (Lipinski definition) is 5. The van der Waals surface area contributed by atoms with Gasteiger partial charge < -0.3 is 20.3 Å². The quantitative estimate of drug-likeness (QED) is 0.503. The first-order valence-corrected chi connectivity index (χ1v) is 5.95. The Balaban J connectivity index is 2.78. The van der Waals surface area contributed by atoms with Gasteiger partial charge in [0.2, 0.25) is 11.8 Å². The molecule has 1 aromatic rings. The number of rotatable bonds is 6. The maximum absolute atomic E-state index is 11.9. The minimum Gasteiger partial charge on any atom is -0.382 e. The summed E-state index contributed by atoms with van der Waals surface area (Å²) in [5, 5.41) is 24.2. The van der Waals surface area contributed by atoms with Crippen LogP contribution in [-0.2, 0) is 20.2 Å². The standard InChI is InChI=1S/C13H18N2O5/c1-9(16)14-11(8-20-2)12(17)15-13(18,19)10-6-4-3-5-7-10/h3-7,11,18-19H,8H2,1-2H3,(H,14,16)(H,15,17). The molecule has 0 saturated carbocycles. The Morgan fingerprint density at radius 2 is 1.90 bits per heavy atom. The highest BCUT2D eigenvalue weighted by atomic mass is 16.5. The van der Waals surface area contributed by atoms with Gasteiger partial charge in [-0.2, -0.15) is 0 Å². The molecule has 0 saturated heterocycles. The van der Waals surface area contributed by atoms with E-state index >= 15 is 0 Å². The Morgan fingerprint density at radius 1 is 1.30 bits per heavy atom. The third kappa shape index (κ3) is 4.61. The first-order chi connectivity index (χ1) is 9.36. The van der Waals surface area contributed by atoms with E-state index in [0.29, 0.717) is 0 Å². The molecule has 110 valence electrons. The number of amides is 2. The Kier molecular flexibility index (Phi) is 5.63. The third-order valence-corrected chi connectivity index (χ3v) is 2.50. The summed E-state index contributed by atoms with van der Waals surface area (Å²) in [6.45, 7) is 1.16. The van der Waals surface area contributed by atoms with Gasteiger partial charge in [0.05, 0.1) is 6.61 Å². The van der Waals surface area contributed by atoms with Crippen molar-refractivity contribution >= 4 is 11.8 Å². The molecule has 0 aliphatic heterocycles. The molecule has 0 aliphatic carbocycles. The van der Waals surface area contributed by atoms with E-state index in [-0.39, 0.29) is 12.2 Å². The molecule has 4 N–H and O–H groups in total. The van der Waals surface area contributed by atoms with Gasteiger partial charge in [0.1, 0.15) is 6.04 Å². The van der Waals surface area contributed by atoms with Crippen LogP contribution in [0.2, 0.25) is 0 Å². The molecular weight excluding hydrogens is 264 g/mol. The zero-order valence-corrected chi connectivity index (χ0v) is 11.3. The van der Waals surface area contributed by atoms with Crippen LogP contribution in [0.4, 0.5) is 0 Å². The molecule has 20 heavy (non-hydrogen) atoms. The average Bonchev–Trinajstić information content (AvgIpc) is 2.38. The van der Waals surface area contributed by atoms with Crippen LogP contribution in [0.25, 0.3) is 0 Å². The lowest BCUT2D eigenvalue weighted by atomic mass is 10.1. The molecule has 0 bridgehead atoms. The van der Waals surface area contributed by atoms with Gasteiger partial charge in [0.15, 0.2) is 0 Å². The molecule has 2 amide bonds. The van der Waals surface area contributed by atoms with Crippen LogP contribution in [0.3, 0.4) is 0 Å². The summed E-state index contributed by atoms with van der Waals surface area (Å²) < 4.78 is 4.81. The lowest BCUT2D eigenvalue weighted by molar-refractivity contribution is -0.199. The van der Waals surface area contributed by atoms with Crippen molar-refractivity contribution in [2.45, 2.75) is 18.9 Å². The molecule has 7 nitrogen and oxygen atoms in total. The molecule has 0 fully saturated rings. The summed E-state index contributed by atoms with van der Waals surface area (Å²) >= 11 is 0. The van der Waals surface area contributed by atoms with E-state index in [4.69, 9.17) is 4.74 Å². The predicted molar refractivity (Wildman–Crippen MR) is 70.2 cm³/mol. The van der Waals surface area contributed by atoms with E-state index in [2.05, 4.69) is 5.32 Å². The monoisotopic (exact) mass is 282 g/mol. The van der Waals surface area contributed by atoms with Crippen LogP contribution in [0.5, 0.6) is 0 Å². The number of ether oxygens (including phenoxy) is 1. The smallest absolute Gasteiger partial charge is 0.274 e. The van der Waals surface area contributed by atoms with Gasteiger partial charge in [-0.3, -0.25) is 14.9 Å². The van der Waals surface area contributed by atoms with E-state index in [1.54, 1.807) is 18.2 Å². The van der Waals surface area contributed by atoms with Crippen LogP contribution >= 0.6 is 0 Å². The van der Waals surface area contributed by atoms with Crippen molar-refractivity contribution in [3.63, 3.8) is 0 Å². The number of carbonyl (C=O) groups is 2. The highest BCUT2D eigenvalue weighted by molar-refractivity contribution is 5.87. The highest BCUT2D eigenvalue weighted by Crippen LogP contribution is 2.14. The molecule has 0 spiro atoms. The Hall–Kier alpha value is -1.96. The number of methoxy groups -OCH3 is 1. The number of benzene rings is 1. The lowest BCUT2D eigenvalue weighted by Gasteiger charge is -2.26. The Bertz CT molecular complexity index is 461. The van der Waals surface area contributed by atoms with Gasteiger partial charge in [-0.25, -0.2) is 0 Å². The van der Waals surface area contributed by atoms with E-state index in [9.17, 15) is 19.8 Å². The molecule has 1 atom stereocenters. The lowest BCUT2D eigenvalue weighted by Crippen LogP contribution is -2.55. The zero-order valence-electron chi connectivity index (χ0n) is 11.3. The minimum absolute atomic E-state index is 0.0870. The first-order valence-electron chi connectivity index (χ1n) is 5.95. The molecule has 1 rings (SSSR count). The summed E-state index contributed by atoms with van der Waals surface area (Å²) in [7, 11) is 1.37. The van der Waals surface area contributed by atoms with Crippen molar-refractivity contribution < 1.29 is 24.5 Å². The minimum atomic E-state index is -2.52. The number of carbonyl (C=O) groups excluding carboxylic acids is 2. The van der Waals surface area contributed by atoms with Crippen LogP contribution in [0.1, 0.15) is 12.5 Å². The van der Waals surface area contributed by atoms with Gasteiger partial charge in [-0.05, 0) is 0 Å². The first kappa shape index (κ1) is 16.1. The molecule has 0 heterocycles. The molecule has 0 aromatic heterocycles. The molecule has 0 radical (unpaired) electrons. The molecule has 0 aliphatic rings. The van der Waals surface area contributed by atoms with E-state index in [1.165, 1.54) is 26.2 Å². The van der Waals surface area contributed by atoms with Crippen molar-refractivity contribution in [2.75, 3.05) is 13.7 Å². The number of aliphatic hydroxyl groups is 2. The maximum Gasteiger partial charge on any atom is 0.274 e. The Morgan fingerprint density at radius 3 is 2.40 bits per heavy atom. The van der Waals surface area contributed by atoms with Crippen molar-refractivity contribution in [1.82, 2.24) is 10.6 Å². The fraction of sp³-hybridized carbons (Fsp3) is 0.385. The fourth-order valence-electron chi connectivity index (χ4n) is 1.60. The number of nitrogens with one attached hydrogen (secondary N) is 2. The third-order valence-electron chi connectivity index (χ3n) is 2.50. The van der Waals surface area contributed by atoms with Gasteiger partial charge in [0, 0.05) is 19.6 Å². The topological polar surface area (TPSA) is 108 Å². The van der Waals surface area contributed by atoms with Crippen molar-refractivity contribution in [1.29, 1.82) is 0 Å². The van der Waals surface area contributed by atoms with Crippen molar-refractivity contribution in [3.8, 4) is 0 Å². The second kappa shape index (κ2) is 6.99. The van der Waals surface area contributed by atoms with Gasteiger partial charge >= 0.3 is 0 Å². The fourth-order valence-corrected chi connectivity index (χ4v) is 1.60. The summed E-state index contributed by atoms with van der Waals surface area (Å²) in [5.74, 6) is -3.72. The summed E-state index contributed by atoms with van der Waals surface area (Å²) in [6.07, 6.45) is 0. The van der Waals surface area contributed by atoms with Gasteiger partial charge in [-0.15, -0.1) is 0 Å². The maximum atomic E-state index is 11.9.